The lowest BCUT2D eigenvalue weighted by Crippen LogP contribution is -2.25. The lowest BCUT2D eigenvalue weighted by atomic mass is 9.97. The highest BCUT2D eigenvalue weighted by Gasteiger charge is 2.19. The summed E-state index contributed by atoms with van der Waals surface area (Å²) in [6.07, 6.45) is 5.56. The Morgan fingerprint density at radius 2 is 2.17 bits per heavy atom. The molecule has 0 aromatic carbocycles. The van der Waals surface area contributed by atoms with Crippen LogP contribution in [-0.2, 0) is 24.1 Å². The van der Waals surface area contributed by atoms with E-state index in [2.05, 4.69) is 15.3 Å². The minimum atomic E-state index is -0.0910. The summed E-state index contributed by atoms with van der Waals surface area (Å²) in [7, 11) is 0. The van der Waals surface area contributed by atoms with Crippen molar-refractivity contribution in [1.29, 1.82) is 0 Å². The zero-order chi connectivity index (χ0) is 16.2. The maximum atomic E-state index is 12.4. The van der Waals surface area contributed by atoms with Gasteiger partial charge in [-0.1, -0.05) is 0 Å². The minimum absolute atomic E-state index is 0.0644. The van der Waals surface area contributed by atoms with Crippen molar-refractivity contribution in [2.75, 3.05) is 13.2 Å². The summed E-state index contributed by atoms with van der Waals surface area (Å²) < 4.78 is 0. The van der Waals surface area contributed by atoms with Crippen molar-refractivity contribution in [3.63, 3.8) is 0 Å². The molecule has 0 atom stereocenters. The molecule has 124 valence electrons. The number of aryl methyl sites for hydroxylation is 3. The van der Waals surface area contributed by atoms with Crippen LogP contribution in [0.5, 0.6) is 0 Å². The first-order chi connectivity index (χ1) is 11.2. The molecule has 23 heavy (non-hydrogen) atoms. The van der Waals surface area contributed by atoms with Crippen LogP contribution in [0.1, 0.15) is 41.9 Å². The van der Waals surface area contributed by atoms with Gasteiger partial charge in [0.05, 0.1) is 5.39 Å². The number of amides is 1. The number of rotatable bonds is 6. The summed E-state index contributed by atoms with van der Waals surface area (Å²) in [5.74, 6) is 0.477. The van der Waals surface area contributed by atoms with Crippen molar-refractivity contribution in [3.8, 4) is 0 Å². The Kier molecular flexibility index (Phi) is 5.07. The standard InChI is InChI=1S/C16H21N3O3S/c20-9-3-8-17-13(21)7-6-12-18-15(22)14-10-4-1-2-5-11(10)23-16(14)19-12/h20H,1-9H2,(H,17,21)(H,18,19,22). The molecular formula is C16H21N3O3S. The molecule has 0 radical (unpaired) electrons. The summed E-state index contributed by atoms with van der Waals surface area (Å²) in [5.41, 5.74) is 1.10. The number of carbonyl (C=O) groups excluding carboxylic acids is 1. The number of H-pyrrole nitrogens is 1. The van der Waals surface area contributed by atoms with Gasteiger partial charge in [-0.15, -0.1) is 11.3 Å². The summed E-state index contributed by atoms with van der Waals surface area (Å²) in [6, 6.07) is 0. The summed E-state index contributed by atoms with van der Waals surface area (Å²) in [5, 5.41) is 12.2. The van der Waals surface area contributed by atoms with Crippen molar-refractivity contribution in [3.05, 3.63) is 26.6 Å². The minimum Gasteiger partial charge on any atom is -0.396 e. The van der Waals surface area contributed by atoms with Crippen molar-refractivity contribution in [2.45, 2.75) is 44.9 Å². The number of nitrogens with one attached hydrogen (secondary N) is 2. The fraction of sp³-hybridized carbons (Fsp3) is 0.562. The monoisotopic (exact) mass is 335 g/mol. The van der Waals surface area contributed by atoms with Gasteiger partial charge in [0.15, 0.2) is 0 Å². The van der Waals surface area contributed by atoms with Gasteiger partial charge in [-0.05, 0) is 37.7 Å². The van der Waals surface area contributed by atoms with Gasteiger partial charge in [0.2, 0.25) is 5.91 Å². The molecule has 0 unspecified atom stereocenters. The third-order valence-electron chi connectivity index (χ3n) is 4.12. The van der Waals surface area contributed by atoms with Crippen LogP contribution in [0.3, 0.4) is 0 Å². The van der Waals surface area contributed by atoms with Crippen LogP contribution in [0, 0.1) is 0 Å². The van der Waals surface area contributed by atoms with Crippen LogP contribution in [0.4, 0.5) is 0 Å². The molecule has 0 spiro atoms. The van der Waals surface area contributed by atoms with Crippen LogP contribution in [0.15, 0.2) is 4.79 Å². The number of carbonyl (C=O) groups is 1. The van der Waals surface area contributed by atoms with Crippen LogP contribution >= 0.6 is 11.3 Å². The fourth-order valence-electron chi connectivity index (χ4n) is 2.95. The second-order valence-electron chi connectivity index (χ2n) is 5.83. The molecule has 2 heterocycles. The number of nitrogens with zero attached hydrogens (tertiary/aromatic N) is 1. The number of thiophene rings is 1. The highest BCUT2D eigenvalue weighted by molar-refractivity contribution is 7.18. The normalized spacial score (nSPS) is 14.0. The van der Waals surface area contributed by atoms with Gasteiger partial charge in [-0.3, -0.25) is 9.59 Å². The quantitative estimate of drug-likeness (QED) is 0.693. The smallest absolute Gasteiger partial charge is 0.259 e. The van der Waals surface area contributed by atoms with Crippen molar-refractivity contribution in [1.82, 2.24) is 15.3 Å². The number of fused-ring (bicyclic) bond motifs is 3. The van der Waals surface area contributed by atoms with E-state index in [1.54, 1.807) is 11.3 Å². The number of aromatic nitrogens is 2. The number of hydrogen-bond donors (Lipinski definition) is 3. The predicted octanol–water partition coefficient (Wildman–Crippen LogP) is 1.29. The van der Waals surface area contributed by atoms with Crippen LogP contribution in [-0.4, -0.2) is 34.1 Å². The molecule has 2 aromatic rings. The molecular weight excluding hydrogens is 314 g/mol. The summed E-state index contributed by atoms with van der Waals surface area (Å²) in [4.78, 5) is 33.5. The average Bonchev–Trinajstić information content (AvgIpc) is 2.92. The first-order valence-electron chi connectivity index (χ1n) is 8.10. The SMILES string of the molecule is O=C(CCc1nc2sc3c(c2c(=O)[nH]1)CCCC3)NCCCO. The molecule has 3 rings (SSSR count). The molecule has 3 N–H and O–H groups in total. The molecule has 1 amide bonds. The molecule has 0 saturated heterocycles. The molecule has 0 bridgehead atoms. The molecule has 0 saturated carbocycles. The number of aliphatic hydroxyl groups is 1. The Bertz CT molecular complexity index is 766. The third-order valence-corrected chi connectivity index (χ3v) is 5.31. The lowest BCUT2D eigenvalue weighted by Gasteiger charge is -2.09. The van der Waals surface area contributed by atoms with Crippen LogP contribution in [0.2, 0.25) is 0 Å². The molecule has 1 aliphatic rings. The van der Waals surface area contributed by atoms with Gasteiger partial charge >= 0.3 is 0 Å². The molecule has 0 fully saturated rings. The first kappa shape index (κ1) is 16.1. The molecule has 1 aliphatic carbocycles. The Balaban J connectivity index is 1.73. The van der Waals surface area contributed by atoms with Crippen molar-refractivity contribution >= 4 is 27.5 Å². The molecule has 6 nitrogen and oxygen atoms in total. The van der Waals surface area contributed by atoms with Crippen molar-refractivity contribution < 1.29 is 9.90 Å². The van der Waals surface area contributed by atoms with E-state index in [-0.39, 0.29) is 24.5 Å². The first-order valence-corrected chi connectivity index (χ1v) is 8.91. The summed E-state index contributed by atoms with van der Waals surface area (Å²) >= 11 is 1.62. The second kappa shape index (κ2) is 7.23. The van der Waals surface area contributed by atoms with Gasteiger partial charge in [-0.2, -0.15) is 0 Å². The van der Waals surface area contributed by atoms with E-state index in [0.717, 1.165) is 29.5 Å². The van der Waals surface area contributed by atoms with Gasteiger partial charge in [0, 0.05) is 30.9 Å². The maximum absolute atomic E-state index is 12.4. The second-order valence-corrected chi connectivity index (χ2v) is 6.91. The van der Waals surface area contributed by atoms with Gasteiger partial charge < -0.3 is 15.4 Å². The van der Waals surface area contributed by atoms with E-state index in [1.807, 2.05) is 0 Å². The predicted molar refractivity (Wildman–Crippen MR) is 89.9 cm³/mol. The average molecular weight is 335 g/mol. The van der Waals surface area contributed by atoms with E-state index >= 15 is 0 Å². The Morgan fingerprint density at radius 1 is 1.35 bits per heavy atom. The third kappa shape index (κ3) is 3.61. The van der Waals surface area contributed by atoms with E-state index in [0.29, 0.717) is 25.2 Å². The highest BCUT2D eigenvalue weighted by Crippen LogP contribution is 2.33. The Morgan fingerprint density at radius 3 is 3.00 bits per heavy atom. The zero-order valence-electron chi connectivity index (χ0n) is 13.0. The fourth-order valence-corrected chi connectivity index (χ4v) is 4.23. The highest BCUT2D eigenvalue weighted by atomic mass is 32.1. The van der Waals surface area contributed by atoms with Crippen molar-refractivity contribution in [2.24, 2.45) is 0 Å². The van der Waals surface area contributed by atoms with Crippen LogP contribution in [0.25, 0.3) is 10.2 Å². The van der Waals surface area contributed by atoms with Gasteiger partial charge in [-0.25, -0.2) is 4.98 Å². The number of hydrogen-bond acceptors (Lipinski definition) is 5. The largest absolute Gasteiger partial charge is 0.396 e. The number of aromatic amines is 1. The zero-order valence-corrected chi connectivity index (χ0v) is 13.8. The van der Waals surface area contributed by atoms with E-state index in [9.17, 15) is 9.59 Å². The van der Waals surface area contributed by atoms with Crippen LogP contribution < -0.4 is 10.9 Å². The lowest BCUT2D eigenvalue weighted by molar-refractivity contribution is -0.121. The molecule has 2 aromatic heterocycles. The topological polar surface area (TPSA) is 95.1 Å². The van der Waals surface area contributed by atoms with E-state index in [1.165, 1.54) is 16.9 Å². The Hall–Kier alpha value is -1.73. The summed E-state index contributed by atoms with van der Waals surface area (Å²) in [6.45, 7) is 0.533. The maximum Gasteiger partial charge on any atom is 0.259 e. The van der Waals surface area contributed by atoms with Gasteiger partial charge in [0.1, 0.15) is 10.7 Å². The van der Waals surface area contributed by atoms with E-state index in [4.69, 9.17) is 5.11 Å². The molecule has 0 aliphatic heterocycles. The molecule has 7 heteroatoms. The van der Waals surface area contributed by atoms with Gasteiger partial charge in [0.25, 0.3) is 5.56 Å². The Labute approximate surface area is 138 Å². The van der Waals surface area contributed by atoms with E-state index < -0.39 is 0 Å². The number of aliphatic hydroxyl groups excluding tert-OH is 1.